The van der Waals surface area contributed by atoms with Crippen molar-refractivity contribution in [2.24, 2.45) is 5.14 Å². The largest absolute Gasteiger partial charge is 0.497 e. The monoisotopic (exact) mass is 397 g/mol. The van der Waals surface area contributed by atoms with Gasteiger partial charge in [0.1, 0.15) is 10.6 Å². The minimum absolute atomic E-state index is 0.0392. The first-order chi connectivity index (χ1) is 12.6. The topological polar surface area (TPSA) is 87.2 Å². The smallest absolute Gasteiger partial charge is 0.435 e. The van der Waals surface area contributed by atoms with Crippen molar-refractivity contribution in [3.63, 3.8) is 0 Å². The highest BCUT2D eigenvalue weighted by molar-refractivity contribution is 7.89. The molecular formula is C17H14F3N3O3S. The summed E-state index contributed by atoms with van der Waals surface area (Å²) < 4.78 is 69.5. The third kappa shape index (κ3) is 3.81. The van der Waals surface area contributed by atoms with E-state index in [4.69, 9.17) is 9.88 Å². The van der Waals surface area contributed by atoms with Crippen molar-refractivity contribution < 1.29 is 26.3 Å². The number of para-hydroxylation sites is 1. The van der Waals surface area contributed by atoms with Crippen molar-refractivity contribution in [3.8, 4) is 22.7 Å². The van der Waals surface area contributed by atoms with Crippen LogP contribution in [0.3, 0.4) is 0 Å². The van der Waals surface area contributed by atoms with Gasteiger partial charge in [0, 0.05) is 5.56 Å². The Bertz CT molecular complexity index is 1090. The van der Waals surface area contributed by atoms with E-state index in [1.165, 1.54) is 37.4 Å². The van der Waals surface area contributed by atoms with Gasteiger partial charge in [0.15, 0.2) is 5.69 Å². The summed E-state index contributed by atoms with van der Waals surface area (Å²) in [6, 6.07) is 12.6. The number of ether oxygens (including phenoxy) is 1. The Labute approximate surface area is 153 Å². The highest BCUT2D eigenvalue weighted by atomic mass is 32.2. The zero-order valence-corrected chi connectivity index (χ0v) is 14.8. The number of hydrogen-bond acceptors (Lipinski definition) is 4. The predicted octanol–water partition coefficient (Wildman–Crippen LogP) is 3.21. The second-order valence-electron chi connectivity index (χ2n) is 5.57. The maximum Gasteiger partial charge on any atom is 0.435 e. The molecule has 0 bridgehead atoms. The molecule has 0 aliphatic carbocycles. The van der Waals surface area contributed by atoms with Crippen LogP contribution >= 0.6 is 0 Å². The Balaban J connectivity index is 2.32. The molecular weight excluding hydrogens is 383 g/mol. The molecule has 0 saturated carbocycles. The molecule has 3 aromatic rings. The first-order valence-corrected chi connectivity index (χ1v) is 9.10. The van der Waals surface area contributed by atoms with Crippen LogP contribution in [-0.4, -0.2) is 25.3 Å². The van der Waals surface area contributed by atoms with E-state index in [-0.39, 0.29) is 16.3 Å². The Morgan fingerprint density at radius 2 is 1.78 bits per heavy atom. The number of aromatic nitrogens is 2. The molecule has 27 heavy (non-hydrogen) atoms. The van der Waals surface area contributed by atoms with Gasteiger partial charge in [0.05, 0.1) is 18.5 Å². The van der Waals surface area contributed by atoms with Crippen LogP contribution < -0.4 is 9.88 Å². The van der Waals surface area contributed by atoms with Crippen LogP contribution in [0.1, 0.15) is 5.69 Å². The van der Waals surface area contributed by atoms with Crippen molar-refractivity contribution in [3.05, 3.63) is 60.3 Å². The minimum Gasteiger partial charge on any atom is -0.497 e. The zero-order valence-electron chi connectivity index (χ0n) is 13.9. The molecule has 2 N–H and O–H groups in total. The number of benzene rings is 2. The molecule has 0 radical (unpaired) electrons. The zero-order chi connectivity index (χ0) is 19.8. The fourth-order valence-corrected chi connectivity index (χ4v) is 3.28. The molecule has 0 unspecified atom stereocenters. The SMILES string of the molecule is COc1cccc(-c2cc(C(F)(F)F)nn2-c2ccccc2S(N)(=O)=O)c1. The van der Waals surface area contributed by atoms with Crippen LogP contribution in [-0.2, 0) is 16.2 Å². The Kier molecular flexibility index (Phi) is 4.70. The molecule has 0 saturated heterocycles. The average Bonchev–Trinajstić information content (AvgIpc) is 3.07. The van der Waals surface area contributed by atoms with Gasteiger partial charge in [0.25, 0.3) is 0 Å². The molecule has 0 aliphatic heterocycles. The third-order valence-corrected chi connectivity index (χ3v) is 4.72. The normalized spacial score (nSPS) is 12.2. The van der Waals surface area contributed by atoms with Gasteiger partial charge in [-0.05, 0) is 30.3 Å². The number of rotatable bonds is 4. The summed E-state index contributed by atoms with van der Waals surface area (Å²) >= 11 is 0. The molecule has 0 amide bonds. The number of sulfonamides is 1. The lowest BCUT2D eigenvalue weighted by Gasteiger charge is -2.12. The van der Waals surface area contributed by atoms with Crippen LogP contribution in [0, 0.1) is 0 Å². The summed E-state index contributed by atoms with van der Waals surface area (Å²) in [5.74, 6) is 0.425. The fourth-order valence-electron chi connectivity index (χ4n) is 2.56. The van der Waals surface area contributed by atoms with Crippen molar-refractivity contribution >= 4 is 10.0 Å². The Morgan fingerprint density at radius 3 is 2.41 bits per heavy atom. The Morgan fingerprint density at radius 1 is 1.07 bits per heavy atom. The van der Waals surface area contributed by atoms with Crippen LogP contribution in [0.5, 0.6) is 5.75 Å². The van der Waals surface area contributed by atoms with E-state index in [9.17, 15) is 21.6 Å². The van der Waals surface area contributed by atoms with E-state index in [1.807, 2.05) is 0 Å². The van der Waals surface area contributed by atoms with Crippen molar-refractivity contribution in [2.45, 2.75) is 11.1 Å². The highest BCUT2D eigenvalue weighted by Crippen LogP contribution is 2.35. The quantitative estimate of drug-likeness (QED) is 0.732. The predicted molar refractivity (Wildman–Crippen MR) is 91.9 cm³/mol. The average molecular weight is 397 g/mol. The van der Waals surface area contributed by atoms with E-state index in [2.05, 4.69) is 5.10 Å². The molecule has 0 aliphatic rings. The second kappa shape index (κ2) is 6.71. The van der Waals surface area contributed by atoms with Crippen molar-refractivity contribution in [1.29, 1.82) is 0 Å². The second-order valence-corrected chi connectivity index (χ2v) is 7.10. The molecule has 1 heterocycles. The molecule has 0 fully saturated rings. The van der Waals surface area contributed by atoms with Crippen LogP contribution in [0.4, 0.5) is 13.2 Å². The van der Waals surface area contributed by atoms with Gasteiger partial charge in [0.2, 0.25) is 10.0 Å². The summed E-state index contributed by atoms with van der Waals surface area (Å²) in [5.41, 5.74) is -0.850. The fraction of sp³-hybridized carbons (Fsp3) is 0.118. The third-order valence-electron chi connectivity index (χ3n) is 3.77. The number of methoxy groups -OCH3 is 1. The lowest BCUT2D eigenvalue weighted by molar-refractivity contribution is -0.141. The van der Waals surface area contributed by atoms with E-state index in [0.29, 0.717) is 11.3 Å². The number of primary sulfonamides is 1. The van der Waals surface area contributed by atoms with E-state index >= 15 is 0 Å². The van der Waals surface area contributed by atoms with Crippen molar-refractivity contribution in [2.75, 3.05) is 7.11 Å². The van der Waals surface area contributed by atoms with Gasteiger partial charge < -0.3 is 4.74 Å². The van der Waals surface area contributed by atoms with Gasteiger partial charge in [-0.15, -0.1) is 0 Å². The summed E-state index contributed by atoms with van der Waals surface area (Å²) in [7, 11) is -2.76. The number of nitrogens with zero attached hydrogens (tertiary/aromatic N) is 2. The van der Waals surface area contributed by atoms with Gasteiger partial charge in [-0.3, -0.25) is 0 Å². The van der Waals surface area contributed by atoms with E-state index in [1.54, 1.807) is 18.2 Å². The Hall–Kier alpha value is -2.85. The van der Waals surface area contributed by atoms with Crippen LogP contribution in [0.2, 0.25) is 0 Å². The van der Waals surface area contributed by atoms with E-state index < -0.39 is 21.9 Å². The van der Waals surface area contributed by atoms with Crippen LogP contribution in [0.15, 0.2) is 59.5 Å². The summed E-state index contributed by atoms with van der Waals surface area (Å²) in [4.78, 5) is -0.342. The van der Waals surface area contributed by atoms with Gasteiger partial charge in [-0.1, -0.05) is 24.3 Å². The molecule has 10 heteroatoms. The molecule has 2 aromatic carbocycles. The highest BCUT2D eigenvalue weighted by Gasteiger charge is 2.35. The van der Waals surface area contributed by atoms with Crippen LogP contribution in [0.25, 0.3) is 16.9 Å². The lowest BCUT2D eigenvalue weighted by atomic mass is 10.1. The number of nitrogens with two attached hydrogens (primary N) is 1. The lowest BCUT2D eigenvalue weighted by Crippen LogP contribution is -2.16. The summed E-state index contributed by atoms with van der Waals surface area (Å²) in [5, 5.41) is 8.80. The van der Waals surface area contributed by atoms with E-state index in [0.717, 1.165) is 10.7 Å². The molecule has 1 aromatic heterocycles. The molecule has 142 valence electrons. The molecule has 6 nitrogen and oxygen atoms in total. The summed E-state index contributed by atoms with van der Waals surface area (Å²) in [6.07, 6.45) is -4.71. The van der Waals surface area contributed by atoms with Gasteiger partial charge in [-0.2, -0.15) is 18.3 Å². The number of hydrogen-bond donors (Lipinski definition) is 1. The molecule has 0 atom stereocenters. The maximum atomic E-state index is 13.2. The van der Waals surface area contributed by atoms with Crippen molar-refractivity contribution in [1.82, 2.24) is 9.78 Å². The summed E-state index contributed by atoms with van der Waals surface area (Å²) in [6.45, 7) is 0. The first-order valence-electron chi connectivity index (χ1n) is 7.55. The molecule has 0 spiro atoms. The number of halogens is 3. The first kappa shape index (κ1) is 18.9. The maximum absolute atomic E-state index is 13.2. The van der Waals surface area contributed by atoms with Gasteiger partial charge >= 0.3 is 6.18 Å². The number of alkyl halides is 3. The molecule has 3 rings (SSSR count). The van der Waals surface area contributed by atoms with Gasteiger partial charge in [-0.25, -0.2) is 18.2 Å². The minimum atomic E-state index is -4.71. The standard InChI is InChI=1S/C17H14F3N3O3S/c1-26-12-6-4-5-11(9-12)14-10-16(17(18,19)20)22-23(14)13-7-2-3-8-15(13)27(21,24)25/h2-10H,1H3,(H2,21,24,25).